The van der Waals surface area contributed by atoms with E-state index in [9.17, 15) is 8.42 Å². The van der Waals surface area contributed by atoms with Gasteiger partial charge in [0.15, 0.2) is 0 Å². The molecule has 2 aliphatic rings. The Labute approximate surface area is 138 Å². The van der Waals surface area contributed by atoms with Crippen molar-refractivity contribution in [1.82, 2.24) is 4.72 Å². The van der Waals surface area contributed by atoms with E-state index in [-0.39, 0.29) is 0 Å². The number of rotatable bonds is 5. The van der Waals surface area contributed by atoms with E-state index in [2.05, 4.69) is 10.8 Å². The van der Waals surface area contributed by atoms with E-state index < -0.39 is 10.0 Å². The Morgan fingerprint density at radius 2 is 2.17 bits per heavy atom. The Kier molecular flexibility index (Phi) is 4.92. The molecule has 0 spiro atoms. The van der Waals surface area contributed by atoms with Gasteiger partial charge in [-0.05, 0) is 50.3 Å². The minimum absolute atomic E-state index is 0.297. The Morgan fingerprint density at radius 3 is 2.96 bits per heavy atom. The van der Waals surface area contributed by atoms with Crippen molar-refractivity contribution in [3.63, 3.8) is 0 Å². The molecule has 1 aromatic carbocycles. The second-order valence-corrected chi connectivity index (χ2v) is 7.92. The van der Waals surface area contributed by atoms with E-state index in [0.29, 0.717) is 18.0 Å². The molecule has 6 heteroatoms. The summed E-state index contributed by atoms with van der Waals surface area (Å²) in [5, 5.41) is 0. The lowest BCUT2D eigenvalue weighted by molar-refractivity contribution is 0.311. The standard InChI is InChI=1S/C17H24N2O3S/c1-19-11-12-22-17-8-7-15(13-16(17)19)23(20,21)18-10-9-14-5-3-2-4-6-14/h5,7-8,13,18H,2-4,6,9-12H2,1H3. The molecule has 0 fully saturated rings. The van der Waals surface area contributed by atoms with Gasteiger partial charge in [0.2, 0.25) is 10.0 Å². The summed E-state index contributed by atoms with van der Waals surface area (Å²) in [5.41, 5.74) is 2.20. The van der Waals surface area contributed by atoms with Gasteiger partial charge in [-0.2, -0.15) is 0 Å². The fourth-order valence-electron chi connectivity index (χ4n) is 3.06. The highest BCUT2D eigenvalue weighted by molar-refractivity contribution is 7.89. The molecule has 1 aliphatic heterocycles. The van der Waals surface area contributed by atoms with E-state index in [1.54, 1.807) is 18.2 Å². The van der Waals surface area contributed by atoms with Crippen molar-refractivity contribution in [2.24, 2.45) is 0 Å². The molecule has 5 nitrogen and oxygen atoms in total. The van der Waals surface area contributed by atoms with Crippen LogP contribution in [-0.4, -0.2) is 35.2 Å². The van der Waals surface area contributed by atoms with Crippen LogP contribution in [0.3, 0.4) is 0 Å². The normalized spacial score (nSPS) is 18.1. The van der Waals surface area contributed by atoms with Crippen LogP contribution in [0.2, 0.25) is 0 Å². The van der Waals surface area contributed by atoms with Crippen LogP contribution in [0.4, 0.5) is 5.69 Å². The molecule has 3 rings (SSSR count). The van der Waals surface area contributed by atoms with Crippen molar-refractivity contribution >= 4 is 15.7 Å². The maximum absolute atomic E-state index is 12.5. The molecule has 0 amide bonds. The molecule has 0 aromatic heterocycles. The number of nitrogens with zero attached hydrogens (tertiary/aromatic N) is 1. The molecule has 0 radical (unpaired) electrons. The summed E-state index contributed by atoms with van der Waals surface area (Å²) in [5.74, 6) is 0.741. The van der Waals surface area contributed by atoms with Crippen LogP contribution in [0, 0.1) is 0 Å². The number of fused-ring (bicyclic) bond motifs is 1. The summed E-state index contributed by atoms with van der Waals surface area (Å²) >= 11 is 0. The number of ether oxygens (including phenoxy) is 1. The number of sulfonamides is 1. The topological polar surface area (TPSA) is 58.6 Å². The molecule has 1 heterocycles. The van der Waals surface area contributed by atoms with E-state index >= 15 is 0 Å². The van der Waals surface area contributed by atoms with Gasteiger partial charge in [-0.25, -0.2) is 13.1 Å². The monoisotopic (exact) mass is 336 g/mol. The Bertz CT molecular complexity index is 698. The highest BCUT2D eigenvalue weighted by atomic mass is 32.2. The molecule has 0 saturated carbocycles. The van der Waals surface area contributed by atoms with E-state index in [4.69, 9.17) is 4.74 Å². The SMILES string of the molecule is CN1CCOc2ccc(S(=O)(=O)NCCC3=CCCCC3)cc21. The third-order valence-electron chi connectivity index (χ3n) is 4.46. The fourth-order valence-corrected chi connectivity index (χ4v) is 4.11. The van der Waals surface area contributed by atoms with Crippen molar-refractivity contribution in [3.8, 4) is 5.75 Å². The quantitative estimate of drug-likeness (QED) is 0.840. The van der Waals surface area contributed by atoms with Gasteiger partial charge in [0.05, 0.1) is 17.1 Å². The zero-order chi connectivity index (χ0) is 16.3. The van der Waals surface area contributed by atoms with Crippen LogP contribution in [0.15, 0.2) is 34.7 Å². The van der Waals surface area contributed by atoms with Crippen LogP contribution in [0.25, 0.3) is 0 Å². The van der Waals surface area contributed by atoms with Crippen molar-refractivity contribution in [3.05, 3.63) is 29.8 Å². The second-order valence-electron chi connectivity index (χ2n) is 6.16. The van der Waals surface area contributed by atoms with Gasteiger partial charge in [0, 0.05) is 13.6 Å². The minimum atomic E-state index is -3.48. The maximum Gasteiger partial charge on any atom is 0.240 e. The Hall–Kier alpha value is -1.53. The van der Waals surface area contributed by atoms with Crippen LogP contribution in [-0.2, 0) is 10.0 Å². The number of anilines is 1. The third-order valence-corrected chi connectivity index (χ3v) is 5.92. The molecule has 1 aliphatic carbocycles. The van der Waals surface area contributed by atoms with Crippen LogP contribution >= 0.6 is 0 Å². The summed E-state index contributed by atoms with van der Waals surface area (Å²) in [6.45, 7) is 1.85. The first-order valence-electron chi connectivity index (χ1n) is 8.22. The van der Waals surface area contributed by atoms with Crippen LogP contribution in [0.5, 0.6) is 5.75 Å². The highest BCUT2D eigenvalue weighted by Gasteiger charge is 2.20. The smallest absolute Gasteiger partial charge is 0.240 e. The highest BCUT2D eigenvalue weighted by Crippen LogP contribution is 2.32. The predicted molar refractivity (Wildman–Crippen MR) is 91.6 cm³/mol. The maximum atomic E-state index is 12.5. The van der Waals surface area contributed by atoms with Crippen molar-refractivity contribution in [2.45, 2.75) is 37.0 Å². The fraction of sp³-hybridized carbons (Fsp3) is 0.529. The lowest BCUT2D eigenvalue weighted by Crippen LogP contribution is -2.30. The second kappa shape index (κ2) is 6.93. The van der Waals surface area contributed by atoms with Gasteiger partial charge in [0.1, 0.15) is 12.4 Å². The first kappa shape index (κ1) is 16.3. The zero-order valence-corrected chi connectivity index (χ0v) is 14.4. The van der Waals surface area contributed by atoms with E-state index in [1.165, 1.54) is 18.4 Å². The van der Waals surface area contributed by atoms with Gasteiger partial charge in [0.25, 0.3) is 0 Å². The number of allylic oxidation sites excluding steroid dienone is 1. The lowest BCUT2D eigenvalue weighted by atomic mass is 9.97. The molecule has 0 unspecified atom stereocenters. The van der Waals surface area contributed by atoms with Crippen molar-refractivity contribution in [1.29, 1.82) is 0 Å². The van der Waals surface area contributed by atoms with Crippen molar-refractivity contribution in [2.75, 3.05) is 31.6 Å². The predicted octanol–water partition coefficient (Wildman–Crippen LogP) is 2.68. The number of nitrogens with one attached hydrogen (secondary N) is 1. The third kappa shape index (κ3) is 3.87. The van der Waals surface area contributed by atoms with Gasteiger partial charge in [-0.3, -0.25) is 0 Å². The number of hydrogen-bond donors (Lipinski definition) is 1. The van der Waals surface area contributed by atoms with Crippen LogP contribution < -0.4 is 14.4 Å². The number of benzene rings is 1. The zero-order valence-electron chi connectivity index (χ0n) is 13.5. The van der Waals surface area contributed by atoms with Gasteiger partial charge in [-0.1, -0.05) is 11.6 Å². The van der Waals surface area contributed by atoms with Crippen molar-refractivity contribution < 1.29 is 13.2 Å². The summed E-state index contributed by atoms with van der Waals surface area (Å²) in [6.07, 6.45) is 7.74. The van der Waals surface area contributed by atoms with Gasteiger partial charge >= 0.3 is 0 Å². The summed E-state index contributed by atoms with van der Waals surface area (Å²) in [7, 11) is -1.53. The number of hydrogen-bond acceptors (Lipinski definition) is 4. The molecule has 126 valence electrons. The first-order valence-corrected chi connectivity index (χ1v) is 9.70. The van der Waals surface area contributed by atoms with E-state index in [1.807, 2.05) is 11.9 Å². The minimum Gasteiger partial charge on any atom is -0.490 e. The van der Waals surface area contributed by atoms with Gasteiger partial charge in [-0.15, -0.1) is 0 Å². The van der Waals surface area contributed by atoms with E-state index in [0.717, 1.165) is 37.2 Å². The largest absolute Gasteiger partial charge is 0.490 e. The molecular formula is C17H24N2O3S. The van der Waals surface area contributed by atoms with Gasteiger partial charge < -0.3 is 9.64 Å². The average molecular weight is 336 g/mol. The molecule has 0 bridgehead atoms. The van der Waals surface area contributed by atoms with Crippen LogP contribution in [0.1, 0.15) is 32.1 Å². The molecular weight excluding hydrogens is 312 g/mol. The molecule has 1 aromatic rings. The Morgan fingerprint density at radius 1 is 1.30 bits per heavy atom. The molecule has 0 atom stereocenters. The average Bonchev–Trinajstić information content (AvgIpc) is 2.56. The Balaban J connectivity index is 1.67. The molecule has 1 N–H and O–H groups in total. The molecule has 23 heavy (non-hydrogen) atoms. The summed E-state index contributed by atoms with van der Waals surface area (Å²) in [4.78, 5) is 2.32. The summed E-state index contributed by atoms with van der Waals surface area (Å²) < 4.78 is 33.2. The summed E-state index contributed by atoms with van der Waals surface area (Å²) in [6, 6.07) is 5.04. The first-order chi connectivity index (χ1) is 11.1. The molecule has 0 saturated heterocycles. The number of likely N-dealkylation sites (N-methyl/N-ethyl adjacent to an activating group) is 1. The lowest BCUT2D eigenvalue weighted by Gasteiger charge is -2.28.